The van der Waals surface area contributed by atoms with Crippen molar-refractivity contribution in [3.63, 3.8) is 0 Å². The topological polar surface area (TPSA) is 8.17 Å². The minimum Gasteiger partial charge on any atom is -0.376 e. The van der Waals surface area contributed by atoms with Crippen LogP contribution in [0.4, 0.5) is 11.4 Å². The van der Waals surface area contributed by atoms with Crippen molar-refractivity contribution in [1.29, 1.82) is 0 Å². The van der Waals surface area contributed by atoms with Gasteiger partial charge < -0.3 is 9.38 Å². The molecule has 0 spiro atoms. The van der Waals surface area contributed by atoms with E-state index in [2.05, 4.69) is 222 Å². The van der Waals surface area contributed by atoms with Crippen molar-refractivity contribution in [3.8, 4) is 39.1 Å². The van der Waals surface area contributed by atoms with E-state index in [9.17, 15) is 0 Å². The molecule has 0 unspecified atom stereocenters. The smallest absolute Gasteiger partial charge is 0.333 e. The van der Waals surface area contributed by atoms with Crippen molar-refractivity contribution < 1.29 is 0 Å². The highest BCUT2D eigenvalue weighted by molar-refractivity contribution is 6.93. The van der Waals surface area contributed by atoms with Crippen molar-refractivity contribution in [1.82, 2.24) is 4.57 Å². The van der Waals surface area contributed by atoms with Gasteiger partial charge >= 0.3 is 6.85 Å². The van der Waals surface area contributed by atoms with Crippen LogP contribution in [0.2, 0.25) is 0 Å². The van der Waals surface area contributed by atoms with Gasteiger partial charge in [0.1, 0.15) is 0 Å². The number of rotatable bonds is 1. The van der Waals surface area contributed by atoms with E-state index >= 15 is 0 Å². The molecule has 1 aromatic heterocycles. The molecule has 2 aliphatic heterocycles. The van der Waals surface area contributed by atoms with E-state index in [1.165, 1.54) is 135 Å². The van der Waals surface area contributed by atoms with Crippen LogP contribution in [0, 0.1) is 0 Å². The second kappa shape index (κ2) is 12.6. The summed E-state index contributed by atoms with van der Waals surface area (Å²) < 4.78 is 2.67. The molecule has 0 atom stereocenters. The number of hydrogen-bond acceptors (Lipinski definition) is 1. The quantitative estimate of drug-likeness (QED) is 0.149. The minimum absolute atomic E-state index is 0.0241. The zero-order chi connectivity index (χ0) is 46.9. The first-order valence-electron chi connectivity index (χ1n) is 25.2. The molecule has 5 aliphatic rings. The Morgan fingerprint density at radius 1 is 0.478 bits per heavy atom. The van der Waals surface area contributed by atoms with Gasteiger partial charge in [-0.3, -0.25) is 0 Å². The van der Waals surface area contributed by atoms with E-state index in [1.807, 2.05) is 0 Å². The predicted molar refractivity (Wildman–Crippen MR) is 288 cm³/mol. The zero-order valence-electron chi connectivity index (χ0n) is 42.4. The monoisotopic (exact) mass is 873 g/mol. The molecule has 0 saturated heterocycles. The summed E-state index contributed by atoms with van der Waals surface area (Å²) in [5, 5.41) is 2.73. The lowest BCUT2D eigenvalue weighted by atomic mass is 9.43. The molecule has 3 heterocycles. The lowest BCUT2D eigenvalue weighted by Crippen LogP contribution is -2.60. The fourth-order valence-corrected chi connectivity index (χ4v) is 13.8. The summed E-state index contributed by atoms with van der Waals surface area (Å²) >= 11 is 0. The molecule has 67 heavy (non-hydrogen) atoms. The molecule has 0 saturated carbocycles. The number of aromatic nitrogens is 1. The van der Waals surface area contributed by atoms with E-state index < -0.39 is 0 Å². The molecule has 7 aromatic carbocycles. The fourth-order valence-electron chi connectivity index (χ4n) is 13.8. The molecule has 0 bridgehead atoms. The summed E-state index contributed by atoms with van der Waals surface area (Å²) in [4.78, 5) is 2.76. The van der Waals surface area contributed by atoms with Crippen LogP contribution in [-0.4, -0.2) is 11.4 Å². The fraction of sp³-hybridized carbons (Fsp3) is 0.344. The van der Waals surface area contributed by atoms with Gasteiger partial charge in [-0.25, -0.2) is 0 Å². The standard InChI is InChI=1S/C64H65BN2/c1-59(2,3)36-19-22-38(23-20-36)67-54-35-48-42(43-33-49-50(34-47(43)64(48,13)14)62(9,10)30-29-61(49,7)8)32-44(54)39-24-25-41-56-53(28-26-46-55(56)40-17-15-16-18-45(40)63(46,11)12)66-52-27-21-37(60(4,5)6)31-51(52)65(67)57(39)58(41)66/h15-28,31-35H,29-30H2,1-14H3. The number of benzene rings is 7. The summed E-state index contributed by atoms with van der Waals surface area (Å²) in [7, 11) is 0. The lowest BCUT2D eigenvalue weighted by Gasteiger charge is -2.43. The lowest BCUT2D eigenvalue weighted by molar-refractivity contribution is 0.331. The van der Waals surface area contributed by atoms with Crippen LogP contribution in [0.5, 0.6) is 0 Å². The van der Waals surface area contributed by atoms with E-state index in [0.29, 0.717) is 0 Å². The van der Waals surface area contributed by atoms with Crippen LogP contribution < -0.4 is 15.7 Å². The summed E-state index contributed by atoms with van der Waals surface area (Å²) in [6, 6.07) is 46.7. The summed E-state index contributed by atoms with van der Waals surface area (Å²) in [6.07, 6.45) is 2.42. The normalized spacial score (nSPS) is 18.3. The molecule has 13 rings (SSSR count). The molecule has 3 aliphatic carbocycles. The average Bonchev–Trinajstić information content (AvgIpc) is 3.82. The number of nitrogens with zero attached hydrogens (tertiary/aromatic N) is 2. The van der Waals surface area contributed by atoms with Crippen LogP contribution in [-0.2, 0) is 32.5 Å². The molecule has 3 heteroatoms. The molecule has 334 valence electrons. The number of anilines is 2. The number of hydrogen-bond donors (Lipinski definition) is 0. The van der Waals surface area contributed by atoms with Crippen molar-refractivity contribution in [2.45, 2.75) is 142 Å². The van der Waals surface area contributed by atoms with Gasteiger partial charge in [0.25, 0.3) is 0 Å². The Hall–Kier alpha value is -5.80. The van der Waals surface area contributed by atoms with Crippen LogP contribution in [0.3, 0.4) is 0 Å². The number of fused-ring (bicyclic) bond motifs is 16. The van der Waals surface area contributed by atoms with E-state index in [-0.39, 0.29) is 39.3 Å². The molecule has 0 N–H and O–H groups in total. The van der Waals surface area contributed by atoms with Crippen LogP contribution in [0.1, 0.15) is 154 Å². The Labute approximate surface area is 399 Å². The van der Waals surface area contributed by atoms with Gasteiger partial charge in [0.2, 0.25) is 0 Å². The molecule has 0 fully saturated rings. The van der Waals surface area contributed by atoms with Crippen molar-refractivity contribution in [3.05, 3.63) is 160 Å². The second-order valence-electron chi connectivity index (χ2n) is 25.7. The maximum atomic E-state index is 2.76. The van der Waals surface area contributed by atoms with E-state index in [4.69, 9.17) is 0 Å². The first-order chi connectivity index (χ1) is 31.5. The maximum absolute atomic E-state index is 2.76. The van der Waals surface area contributed by atoms with Gasteiger partial charge in [0, 0.05) is 44.2 Å². The molecule has 8 aromatic rings. The highest BCUT2D eigenvalue weighted by Gasteiger charge is 2.48. The van der Waals surface area contributed by atoms with Gasteiger partial charge in [-0.15, -0.1) is 0 Å². The third-order valence-corrected chi connectivity index (χ3v) is 18.0. The third kappa shape index (κ3) is 5.24. The van der Waals surface area contributed by atoms with E-state index in [0.717, 1.165) is 0 Å². The van der Waals surface area contributed by atoms with Gasteiger partial charge in [-0.2, -0.15) is 0 Å². The highest BCUT2D eigenvalue weighted by atomic mass is 15.1. The van der Waals surface area contributed by atoms with Crippen LogP contribution in [0.25, 0.3) is 60.9 Å². The van der Waals surface area contributed by atoms with Crippen molar-refractivity contribution >= 4 is 51.0 Å². The molecule has 2 nitrogen and oxygen atoms in total. The Bertz CT molecular complexity index is 3540. The Morgan fingerprint density at radius 3 is 1.81 bits per heavy atom. The largest absolute Gasteiger partial charge is 0.376 e. The summed E-state index contributed by atoms with van der Waals surface area (Å²) in [5.74, 6) is 0. The Morgan fingerprint density at radius 2 is 1.10 bits per heavy atom. The predicted octanol–water partition coefficient (Wildman–Crippen LogP) is 15.6. The Kier molecular flexibility index (Phi) is 7.81. The van der Waals surface area contributed by atoms with Crippen molar-refractivity contribution in [2.24, 2.45) is 0 Å². The van der Waals surface area contributed by atoms with Gasteiger partial charge in [-0.05, 0) is 160 Å². The Balaban J connectivity index is 1.17. The highest BCUT2D eigenvalue weighted by Crippen LogP contribution is 2.59. The average molecular weight is 873 g/mol. The molecule has 0 radical (unpaired) electrons. The third-order valence-electron chi connectivity index (χ3n) is 18.0. The minimum atomic E-state index is -0.168. The molecular formula is C64H65BN2. The first-order valence-corrected chi connectivity index (χ1v) is 25.2. The van der Waals surface area contributed by atoms with Gasteiger partial charge in [-0.1, -0.05) is 170 Å². The second-order valence-corrected chi connectivity index (χ2v) is 25.7. The van der Waals surface area contributed by atoms with Crippen molar-refractivity contribution in [2.75, 3.05) is 4.81 Å². The first kappa shape index (κ1) is 41.4. The van der Waals surface area contributed by atoms with Crippen LogP contribution in [0.15, 0.2) is 115 Å². The van der Waals surface area contributed by atoms with E-state index in [1.54, 1.807) is 5.56 Å². The van der Waals surface area contributed by atoms with Gasteiger partial charge in [0.05, 0.1) is 11.0 Å². The van der Waals surface area contributed by atoms with Crippen LogP contribution >= 0.6 is 0 Å². The summed E-state index contributed by atoms with van der Waals surface area (Å²) in [5.41, 5.74) is 29.2. The maximum Gasteiger partial charge on any atom is 0.333 e. The molecule has 0 amide bonds. The SMILES string of the molecule is CC(C)(C)c1ccc(N2B3c4cc(C(C)(C)C)ccc4-n4c5ccc6c(c5c5ccc(c3c54)-c3cc4c(cc32)C(C)(C)c2cc3c(cc2-4)C(C)(C)CCC3(C)C)-c2ccccc2C6(C)C)cc1. The molecular weight excluding hydrogens is 808 g/mol. The zero-order valence-corrected chi connectivity index (χ0v) is 42.4. The van der Waals surface area contributed by atoms with Gasteiger partial charge in [0.15, 0.2) is 0 Å². The summed E-state index contributed by atoms with van der Waals surface area (Å²) in [6.45, 7) is 33.7.